The van der Waals surface area contributed by atoms with Crippen LogP contribution in [0.5, 0.6) is 0 Å². The number of aromatic carboxylic acids is 1. The number of hydrogen-bond acceptors (Lipinski definition) is 3. The highest BCUT2D eigenvalue weighted by molar-refractivity contribution is 9.10. The Labute approximate surface area is 126 Å². The Bertz CT molecular complexity index is 625. The lowest BCUT2D eigenvalue weighted by Crippen LogP contribution is -2.33. The van der Waals surface area contributed by atoms with Gasteiger partial charge in [-0.05, 0) is 52.9 Å². The van der Waals surface area contributed by atoms with Crippen molar-refractivity contribution < 1.29 is 18.3 Å². The number of benzene rings is 1. The Balaban J connectivity index is 2.34. The topological polar surface area (TPSA) is 74.7 Å². The smallest absolute Gasteiger partial charge is 0.335 e. The normalized spacial score (nSPS) is 15.6. The molecule has 110 valence electrons. The molecule has 0 bridgehead atoms. The van der Waals surface area contributed by atoms with Crippen molar-refractivity contribution in [3.8, 4) is 0 Å². The minimum atomic E-state index is -3.59. The summed E-state index contributed by atoms with van der Waals surface area (Å²) in [6.45, 7) is 2.75. The van der Waals surface area contributed by atoms with Gasteiger partial charge in [-0.2, -0.15) is 4.31 Å². The molecular formula is C13H16BrNO4S. The molecule has 0 amide bonds. The number of hydrogen-bond donors (Lipinski definition) is 1. The van der Waals surface area contributed by atoms with E-state index in [4.69, 9.17) is 5.11 Å². The van der Waals surface area contributed by atoms with Crippen LogP contribution in [0.3, 0.4) is 0 Å². The van der Waals surface area contributed by atoms with Gasteiger partial charge in [0, 0.05) is 17.6 Å². The maximum absolute atomic E-state index is 12.6. The number of carboxylic acid groups (broad SMARTS) is 1. The predicted molar refractivity (Wildman–Crippen MR) is 78.3 cm³/mol. The highest BCUT2D eigenvalue weighted by atomic mass is 79.9. The standard InChI is InChI=1S/C13H16BrNO4S/c1-2-15(8-9-3-4-9)20(18,19)12-6-5-10(13(16)17)7-11(12)14/h5-7,9H,2-4,8H2,1H3,(H,16,17). The largest absolute Gasteiger partial charge is 0.478 e. The molecule has 1 fully saturated rings. The van der Waals surface area contributed by atoms with Gasteiger partial charge in [0.25, 0.3) is 0 Å². The molecule has 1 N–H and O–H groups in total. The van der Waals surface area contributed by atoms with Crippen LogP contribution in [0.2, 0.25) is 0 Å². The van der Waals surface area contributed by atoms with Crippen molar-refractivity contribution in [2.24, 2.45) is 5.92 Å². The van der Waals surface area contributed by atoms with E-state index in [9.17, 15) is 13.2 Å². The molecule has 0 aliphatic heterocycles. The van der Waals surface area contributed by atoms with Crippen LogP contribution in [0.25, 0.3) is 0 Å². The lowest BCUT2D eigenvalue weighted by atomic mass is 10.2. The van der Waals surface area contributed by atoms with Gasteiger partial charge in [0.05, 0.1) is 10.5 Å². The fourth-order valence-electron chi connectivity index (χ4n) is 1.97. The van der Waals surface area contributed by atoms with Crippen molar-refractivity contribution in [1.82, 2.24) is 4.31 Å². The van der Waals surface area contributed by atoms with E-state index in [-0.39, 0.29) is 14.9 Å². The van der Waals surface area contributed by atoms with Crippen molar-refractivity contribution in [2.75, 3.05) is 13.1 Å². The first-order valence-electron chi connectivity index (χ1n) is 6.39. The van der Waals surface area contributed by atoms with Crippen LogP contribution in [0, 0.1) is 5.92 Å². The molecule has 1 saturated carbocycles. The molecular weight excluding hydrogens is 346 g/mol. The van der Waals surface area contributed by atoms with Crippen LogP contribution >= 0.6 is 15.9 Å². The molecule has 2 rings (SSSR count). The van der Waals surface area contributed by atoms with E-state index < -0.39 is 16.0 Å². The quantitative estimate of drug-likeness (QED) is 0.844. The molecule has 0 atom stereocenters. The van der Waals surface area contributed by atoms with Gasteiger partial charge in [0.15, 0.2) is 0 Å². The summed E-state index contributed by atoms with van der Waals surface area (Å²) in [5, 5.41) is 8.90. The van der Waals surface area contributed by atoms with Crippen molar-refractivity contribution in [3.05, 3.63) is 28.2 Å². The van der Waals surface area contributed by atoms with E-state index in [0.717, 1.165) is 12.8 Å². The van der Waals surface area contributed by atoms with Gasteiger partial charge in [0.2, 0.25) is 10.0 Å². The van der Waals surface area contributed by atoms with Crippen LogP contribution in [0.1, 0.15) is 30.1 Å². The Morgan fingerprint density at radius 3 is 2.55 bits per heavy atom. The monoisotopic (exact) mass is 361 g/mol. The van der Waals surface area contributed by atoms with E-state index >= 15 is 0 Å². The van der Waals surface area contributed by atoms with E-state index in [0.29, 0.717) is 19.0 Å². The zero-order chi connectivity index (χ0) is 14.9. The second kappa shape index (κ2) is 5.83. The summed E-state index contributed by atoms with van der Waals surface area (Å²) in [7, 11) is -3.59. The highest BCUT2D eigenvalue weighted by Gasteiger charge is 2.31. The number of carboxylic acids is 1. The molecule has 1 aliphatic rings. The molecule has 20 heavy (non-hydrogen) atoms. The van der Waals surface area contributed by atoms with Crippen LogP contribution in [0.15, 0.2) is 27.6 Å². The summed E-state index contributed by atoms with van der Waals surface area (Å²) in [6.07, 6.45) is 2.15. The van der Waals surface area contributed by atoms with Crippen molar-refractivity contribution in [2.45, 2.75) is 24.7 Å². The average Bonchev–Trinajstić information content (AvgIpc) is 3.19. The lowest BCUT2D eigenvalue weighted by molar-refractivity contribution is 0.0696. The van der Waals surface area contributed by atoms with Crippen LogP contribution < -0.4 is 0 Å². The molecule has 5 nitrogen and oxygen atoms in total. The zero-order valence-corrected chi connectivity index (χ0v) is 13.4. The molecule has 0 unspecified atom stereocenters. The third-order valence-corrected chi connectivity index (χ3v) is 6.23. The number of rotatable bonds is 6. The lowest BCUT2D eigenvalue weighted by Gasteiger charge is -2.21. The zero-order valence-electron chi connectivity index (χ0n) is 11.0. The summed E-state index contributed by atoms with van der Waals surface area (Å²) >= 11 is 3.16. The maximum atomic E-state index is 12.6. The van der Waals surface area contributed by atoms with E-state index in [1.807, 2.05) is 0 Å². The van der Waals surface area contributed by atoms with Gasteiger partial charge in [-0.1, -0.05) is 6.92 Å². The van der Waals surface area contributed by atoms with Gasteiger partial charge in [-0.25, -0.2) is 13.2 Å². The fraction of sp³-hybridized carbons (Fsp3) is 0.462. The minimum absolute atomic E-state index is 0.0565. The number of sulfonamides is 1. The molecule has 0 aromatic heterocycles. The molecule has 0 heterocycles. The Kier molecular flexibility index (Phi) is 4.51. The first-order chi connectivity index (χ1) is 9.36. The summed E-state index contributed by atoms with van der Waals surface area (Å²) in [5.41, 5.74) is 0.0565. The van der Waals surface area contributed by atoms with Gasteiger partial charge in [0.1, 0.15) is 0 Å². The van der Waals surface area contributed by atoms with Gasteiger partial charge >= 0.3 is 5.97 Å². The number of halogens is 1. The van der Waals surface area contributed by atoms with Gasteiger partial charge < -0.3 is 5.11 Å². The fourth-order valence-corrected chi connectivity index (χ4v) is 4.53. The van der Waals surface area contributed by atoms with Crippen LogP contribution in [0.4, 0.5) is 0 Å². The van der Waals surface area contributed by atoms with Gasteiger partial charge in [-0.3, -0.25) is 0 Å². The second-order valence-corrected chi connectivity index (χ2v) is 7.61. The first-order valence-corrected chi connectivity index (χ1v) is 8.62. The Morgan fingerprint density at radius 1 is 1.45 bits per heavy atom. The third kappa shape index (κ3) is 3.21. The van der Waals surface area contributed by atoms with E-state index in [2.05, 4.69) is 15.9 Å². The van der Waals surface area contributed by atoms with Crippen molar-refractivity contribution in [3.63, 3.8) is 0 Å². The Hall–Kier alpha value is -0.920. The molecule has 1 aromatic rings. The van der Waals surface area contributed by atoms with E-state index in [1.54, 1.807) is 6.92 Å². The molecule has 0 saturated heterocycles. The van der Waals surface area contributed by atoms with Crippen LogP contribution in [-0.2, 0) is 10.0 Å². The molecule has 7 heteroatoms. The Morgan fingerprint density at radius 2 is 2.10 bits per heavy atom. The minimum Gasteiger partial charge on any atom is -0.478 e. The third-order valence-electron chi connectivity index (χ3n) is 3.31. The summed E-state index contributed by atoms with van der Waals surface area (Å²) in [4.78, 5) is 11.0. The predicted octanol–water partition coefficient (Wildman–Crippen LogP) is 2.57. The molecule has 0 radical (unpaired) electrons. The van der Waals surface area contributed by atoms with Gasteiger partial charge in [-0.15, -0.1) is 0 Å². The summed E-state index contributed by atoms with van der Waals surface area (Å²) in [5.74, 6) is -0.623. The molecule has 1 aliphatic carbocycles. The van der Waals surface area contributed by atoms with Crippen molar-refractivity contribution >= 4 is 31.9 Å². The molecule has 0 spiro atoms. The molecule has 1 aromatic carbocycles. The number of carbonyl (C=O) groups is 1. The highest BCUT2D eigenvalue weighted by Crippen LogP contribution is 2.33. The van der Waals surface area contributed by atoms with E-state index in [1.165, 1.54) is 22.5 Å². The number of nitrogens with zero attached hydrogens (tertiary/aromatic N) is 1. The van der Waals surface area contributed by atoms with Crippen molar-refractivity contribution in [1.29, 1.82) is 0 Å². The maximum Gasteiger partial charge on any atom is 0.335 e. The summed E-state index contributed by atoms with van der Waals surface area (Å²) in [6, 6.07) is 3.98. The first kappa shape index (κ1) is 15.5. The van der Waals surface area contributed by atoms with Crippen LogP contribution in [-0.4, -0.2) is 36.9 Å². The average molecular weight is 362 g/mol. The second-order valence-electron chi connectivity index (χ2n) is 4.85. The summed E-state index contributed by atoms with van der Waals surface area (Å²) < 4.78 is 26.9. The SMILES string of the molecule is CCN(CC1CC1)S(=O)(=O)c1ccc(C(=O)O)cc1Br.